The highest BCUT2D eigenvalue weighted by Gasteiger charge is 2.34. The molecule has 1 aliphatic carbocycles. The van der Waals surface area contributed by atoms with Crippen molar-refractivity contribution >= 4 is 35.4 Å². The molecular weight excluding hydrogens is 412 g/mol. The molecule has 0 spiro atoms. The van der Waals surface area contributed by atoms with Gasteiger partial charge in [-0.05, 0) is 33.1 Å². The summed E-state index contributed by atoms with van der Waals surface area (Å²) in [5.74, 6) is -1.78. The largest absolute Gasteiger partial charge is 0.444 e. The number of amides is 4. The third-order valence-corrected chi connectivity index (χ3v) is 5.20. The predicted octanol–water partition coefficient (Wildman–Crippen LogP) is 2.17. The minimum absolute atomic E-state index is 0.0983. The lowest BCUT2D eigenvalue weighted by Gasteiger charge is -2.34. The van der Waals surface area contributed by atoms with Crippen LogP contribution in [0.1, 0.15) is 65.7 Å². The van der Waals surface area contributed by atoms with Crippen LogP contribution < -0.4 is 11.2 Å². The third kappa shape index (κ3) is 9.19. The van der Waals surface area contributed by atoms with Crippen molar-refractivity contribution in [1.82, 2.24) is 15.3 Å². The number of nitrogens with zero attached hydrogens (tertiary/aromatic N) is 2. The standard InChI is InChI=1S/C20H35ClN4O5/c1-20(2,3)30-19(29)24(4)15(12-14-8-6-5-7-9-14)18(28)23-25(17(27)13-21)11-10-16(22)26/h14-15H,5-13H2,1-4H3,(H2,22,26)(H,23,28). The van der Waals surface area contributed by atoms with Gasteiger partial charge in [-0.2, -0.15) is 0 Å². The summed E-state index contributed by atoms with van der Waals surface area (Å²) < 4.78 is 5.42. The molecule has 1 aliphatic rings. The molecule has 0 aromatic rings. The molecule has 0 heterocycles. The van der Waals surface area contributed by atoms with Gasteiger partial charge in [0, 0.05) is 13.5 Å². The highest BCUT2D eigenvalue weighted by molar-refractivity contribution is 6.27. The van der Waals surface area contributed by atoms with E-state index in [1.165, 1.54) is 18.4 Å². The first-order valence-electron chi connectivity index (χ1n) is 10.4. The highest BCUT2D eigenvalue weighted by Crippen LogP contribution is 2.29. The van der Waals surface area contributed by atoms with Gasteiger partial charge in [-0.15, -0.1) is 11.6 Å². The summed E-state index contributed by atoms with van der Waals surface area (Å²) in [7, 11) is 1.51. The van der Waals surface area contributed by atoms with Crippen molar-refractivity contribution < 1.29 is 23.9 Å². The Hall–Kier alpha value is -2.03. The zero-order valence-corrected chi connectivity index (χ0v) is 19.2. The van der Waals surface area contributed by atoms with Crippen molar-refractivity contribution in [3.05, 3.63) is 0 Å². The summed E-state index contributed by atoms with van der Waals surface area (Å²) in [4.78, 5) is 50.1. The van der Waals surface area contributed by atoms with Gasteiger partial charge in [-0.1, -0.05) is 32.1 Å². The fourth-order valence-electron chi connectivity index (χ4n) is 3.39. The Morgan fingerprint density at radius 1 is 1.17 bits per heavy atom. The number of alkyl halides is 1. The molecule has 1 unspecified atom stereocenters. The topological polar surface area (TPSA) is 122 Å². The maximum atomic E-state index is 13.1. The van der Waals surface area contributed by atoms with Crippen LogP contribution in [0, 0.1) is 5.92 Å². The van der Waals surface area contributed by atoms with Gasteiger partial charge >= 0.3 is 6.09 Å². The lowest BCUT2D eigenvalue weighted by atomic mass is 9.84. The van der Waals surface area contributed by atoms with E-state index in [9.17, 15) is 19.2 Å². The fourth-order valence-corrected chi connectivity index (χ4v) is 3.53. The predicted molar refractivity (Wildman–Crippen MR) is 113 cm³/mol. The van der Waals surface area contributed by atoms with Crippen LogP contribution in [0.3, 0.4) is 0 Å². The molecule has 1 saturated carbocycles. The molecule has 30 heavy (non-hydrogen) atoms. The van der Waals surface area contributed by atoms with E-state index in [4.69, 9.17) is 22.1 Å². The summed E-state index contributed by atoms with van der Waals surface area (Å²) in [6, 6.07) is -0.831. The Morgan fingerprint density at radius 2 is 1.77 bits per heavy atom. The molecule has 1 atom stereocenters. The second-order valence-electron chi connectivity index (χ2n) is 8.72. The Balaban J connectivity index is 2.98. The van der Waals surface area contributed by atoms with Gasteiger partial charge in [0.2, 0.25) is 5.91 Å². The molecule has 9 nitrogen and oxygen atoms in total. The molecule has 0 saturated heterocycles. The first-order chi connectivity index (χ1) is 13.9. The van der Waals surface area contributed by atoms with Gasteiger partial charge in [0.15, 0.2) is 0 Å². The number of hydrogen-bond donors (Lipinski definition) is 2. The van der Waals surface area contributed by atoms with E-state index in [1.807, 2.05) is 0 Å². The van der Waals surface area contributed by atoms with E-state index in [0.29, 0.717) is 12.3 Å². The first kappa shape index (κ1) is 26.0. The van der Waals surface area contributed by atoms with Crippen LogP contribution in [0.15, 0.2) is 0 Å². The lowest BCUT2D eigenvalue weighted by Crippen LogP contribution is -2.56. The molecule has 1 rings (SSSR count). The molecule has 3 N–H and O–H groups in total. The van der Waals surface area contributed by atoms with Crippen LogP contribution in [0.5, 0.6) is 0 Å². The van der Waals surface area contributed by atoms with Gasteiger partial charge in [-0.3, -0.25) is 29.7 Å². The molecule has 172 valence electrons. The van der Waals surface area contributed by atoms with E-state index in [0.717, 1.165) is 30.7 Å². The minimum atomic E-state index is -0.831. The van der Waals surface area contributed by atoms with Crippen molar-refractivity contribution in [3.8, 4) is 0 Å². The number of hydrogen-bond acceptors (Lipinski definition) is 5. The number of halogens is 1. The maximum Gasteiger partial charge on any atom is 0.410 e. The summed E-state index contributed by atoms with van der Waals surface area (Å²) in [6.07, 6.45) is 5.02. The van der Waals surface area contributed by atoms with Crippen LogP contribution in [0.25, 0.3) is 0 Å². The third-order valence-electron chi connectivity index (χ3n) is 4.98. The normalized spacial score (nSPS) is 15.8. The Morgan fingerprint density at radius 3 is 2.27 bits per heavy atom. The maximum absolute atomic E-state index is 13.1. The Labute approximate surface area is 183 Å². The molecule has 0 radical (unpaired) electrons. The SMILES string of the molecule is CN(C(=O)OC(C)(C)C)C(CC1CCCCC1)C(=O)NN(CCC(N)=O)C(=O)CCl. The highest BCUT2D eigenvalue weighted by atomic mass is 35.5. The molecule has 0 aromatic heterocycles. The Bertz CT molecular complexity index is 617. The number of carbonyl (C=O) groups excluding carboxylic acids is 4. The average Bonchev–Trinajstić information content (AvgIpc) is 2.67. The molecule has 0 bridgehead atoms. The van der Waals surface area contributed by atoms with Crippen molar-refractivity contribution in [3.63, 3.8) is 0 Å². The second-order valence-corrected chi connectivity index (χ2v) is 8.99. The number of ether oxygens (including phenoxy) is 1. The number of likely N-dealkylation sites (N-methyl/N-ethyl adjacent to an activating group) is 1. The number of primary amides is 1. The van der Waals surface area contributed by atoms with Crippen LogP contribution in [-0.4, -0.2) is 64.8 Å². The molecule has 4 amide bonds. The van der Waals surface area contributed by atoms with E-state index in [-0.39, 0.29) is 18.8 Å². The zero-order valence-electron chi connectivity index (χ0n) is 18.4. The average molecular weight is 447 g/mol. The fraction of sp³-hybridized carbons (Fsp3) is 0.800. The van der Waals surface area contributed by atoms with Gasteiger partial charge < -0.3 is 10.5 Å². The van der Waals surface area contributed by atoms with Crippen molar-refractivity contribution in [1.29, 1.82) is 0 Å². The lowest BCUT2D eigenvalue weighted by molar-refractivity contribution is -0.142. The van der Waals surface area contributed by atoms with Crippen molar-refractivity contribution in [2.24, 2.45) is 11.7 Å². The summed E-state index contributed by atoms with van der Waals surface area (Å²) in [5, 5.41) is 0.983. The van der Waals surface area contributed by atoms with Crippen LogP contribution in [-0.2, 0) is 19.1 Å². The van der Waals surface area contributed by atoms with Crippen LogP contribution in [0.2, 0.25) is 0 Å². The summed E-state index contributed by atoms with van der Waals surface area (Å²) >= 11 is 5.62. The number of carbonyl (C=O) groups is 4. The van der Waals surface area contributed by atoms with Gasteiger partial charge in [0.25, 0.3) is 11.8 Å². The molecular formula is C20H35ClN4O5. The minimum Gasteiger partial charge on any atom is -0.444 e. The van der Waals surface area contributed by atoms with E-state index in [2.05, 4.69) is 5.43 Å². The van der Waals surface area contributed by atoms with Crippen LogP contribution >= 0.6 is 11.6 Å². The number of nitrogens with one attached hydrogen (secondary N) is 1. The zero-order chi connectivity index (χ0) is 22.9. The van der Waals surface area contributed by atoms with Crippen molar-refractivity contribution in [2.75, 3.05) is 19.5 Å². The van der Waals surface area contributed by atoms with Gasteiger partial charge in [0.05, 0.1) is 6.54 Å². The number of rotatable bonds is 8. The van der Waals surface area contributed by atoms with Crippen LogP contribution in [0.4, 0.5) is 4.79 Å². The number of nitrogens with two attached hydrogens (primary N) is 1. The van der Waals surface area contributed by atoms with Gasteiger partial charge in [-0.25, -0.2) is 4.79 Å². The molecule has 0 aliphatic heterocycles. The summed E-state index contributed by atoms with van der Waals surface area (Å²) in [5.41, 5.74) is 6.96. The second kappa shape index (κ2) is 12.0. The van der Waals surface area contributed by atoms with E-state index in [1.54, 1.807) is 20.8 Å². The Kier molecular flexibility index (Phi) is 10.4. The van der Waals surface area contributed by atoms with Crippen molar-refractivity contribution in [2.45, 2.75) is 77.4 Å². The monoisotopic (exact) mass is 446 g/mol. The molecule has 1 fully saturated rings. The van der Waals surface area contributed by atoms with Gasteiger partial charge in [0.1, 0.15) is 17.5 Å². The first-order valence-corrected chi connectivity index (χ1v) is 10.9. The molecule has 10 heteroatoms. The quantitative estimate of drug-likeness (QED) is 0.437. The summed E-state index contributed by atoms with van der Waals surface area (Å²) in [6.45, 7) is 5.15. The van der Waals surface area contributed by atoms with E-state index >= 15 is 0 Å². The molecule has 0 aromatic carbocycles. The number of hydrazine groups is 1. The smallest absolute Gasteiger partial charge is 0.410 e. The van der Waals surface area contributed by atoms with E-state index < -0.39 is 35.5 Å².